The Balaban J connectivity index is 1.42. The van der Waals surface area contributed by atoms with Crippen LogP contribution in [0.1, 0.15) is 58.7 Å². The Hall–Kier alpha value is -4.99. The van der Waals surface area contributed by atoms with Crippen molar-refractivity contribution in [2.24, 2.45) is 11.5 Å². The zero-order chi connectivity index (χ0) is 25.8. The van der Waals surface area contributed by atoms with E-state index < -0.39 is 42.4 Å². The molecule has 36 heavy (non-hydrogen) atoms. The fraction of sp³-hybridized carbons (Fsp3) is 0.115. The summed E-state index contributed by atoms with van der Waals surface area (Å²) >= 11 is 0. The van der Waals surface area contributed by atoms with Crippen molar-refractivity contribution in [3.05, 3.63) is 100 Å². The van der Waals surface area contributed by atoms with Gasteiger partial charge in [-0.3, -0.25) is 14.4 Å². The number of hydrogen-bond acceptors (Lipinski definition) is 7. The Bertz CT molecular complexity index is 1350. The second-order valence-electron chi connectivity index (χ2n) is 8.03. The zero-order valence-electron chi connectivity index (χ0n) is 18.9. The number of nitrogens with two attached hydrogens (primary N) is 2. The normalized spacial score (nSPS) is 14.2. The minimum atomic E-state index is -0.814. The van der Waals surface area contributed by atoms with Gasteiger partial charge in [-0.2, -0.15) is 0 Å². The van der Waals surface area contributed by atoms with Crippen LogP contribution in [-0.2, 0) is 20.7 Å². The molecular weight excluding hydrogens is 466 g/mol. The van der Waals surface area contributed by atoms with Gasteiger partial charge < -0.3 is 26.3 Å². The second-order valence-corrected chi connectivity index (χ2v) is 8.03. The van der Waals surface area contributed by atoms with Crippen LogP contribution in [0.5, 0.6) is 0 Å². The minimum absolute atomic E-state index is 0.0278. The van der Waals surface area contributed by atoms with E-state index in [0.29, 0.717) is 17.5 Å². The Kier molecular flexibility index (Phi) is 6.77. The summed E-state index contributed by atoms with van der Waals surface area (Å²) in [5.41, 5.74) is 12.5. The number of carbonyl (C=O) groups is 5. The van der Waals surface area contributed by atoms with Gasteiger partial charge in [0.05, 0.1) is 11.1 Å². The molecule has 1 aliphatic rings. The van der Waals surface area contributed by atoms with Gasteiger partial charge in [-0.15, -0.1) is 0 Å². The maximum absolute atomic E-state index is 12.6. The molecule has 3 aromatic rings. The van der Waals surface area contributed by atoms with Crippen LogP contribution in [0.15, 0.2) is 66.7 Å². The molecule has 0 radical (unpaired) electrons. The van der Waals surface area contributed by atoms with Gasteiger partial charge >= 0.3 is 11.9 Å². The molecule has 0 saturated heterocycles. The highest BCUT2D eigenvalue weighted by molar-refractivity contribution is 6.02. The molecule has 1 heterocycles. The Morgan fingerprint density at radius 2 is 1.56 bits per heavy atom. The van der Waals surface area contributed by atoms with E-state index in [1.165, 1.54) is 30.3 Å². The largest absolute Gasteiger partial charge is 0.454 e. The molecule has 5 N–H and O–H groups in total. The molecule has 3 aromatic carbocycles. The first-order chi connectivity index (χ1) is 17.2. The van der Waals surface area contributed by atoms with Crippen molar-refractivity contribution in [1.29, 1.82) is 0 Å². The second kappa shape index (κ2) is 10.1. The highest BCUT2D eigenvalue weighted by Gasteiger charge is 2.28. The van der Waals surface area contributed by atoms with Gasteiger partial charge in [-0.25, -0.2) is 9.59 Å². The lowest BCUT2D eigenvalue weighted by atomic mass is 9.93. The lowest BCUT2D eigenvalue weighted by molar-refractivity contribution is -0.119. The van der Waals surface area contributed by atoms with E-state index in [-0.39, 0.29) is 22.4 Å². The zero-order valence-corrected chi connectivity index (χ0v) is 18.9. The summed E-state index contributed by atoms with van der Waals surface area (Å²) in [7, 11) is 0. The molecule has 0 saturated carbocycles. The fourth-order valence-electron chi connectivity index (χ4n) is 3.77. The van der Waals surface area contributed by atoms with Crippen molar-refractivity contribution in [1.82, 2.24) is 0 Å². The van der Waals surface area contributed by atoms with Crippen LogP contribution in [0.2, 0.25) is 0 Å². The lowest BCUT2D eigenvalue weighted by Gasteiger charge is -2.25. The number of fused-ring (bicyclic) bond motifs is 1. The maximum Gasteiger partial charge on any atom is 0.339 e. The molecule has 10 heteroatoms. The summed E-state index contributed by atoms with van der Waals surface area (Å²) in [6.45, 7) is -0.642. The number of esters is 2. The fourth-order valence-corrected chi connectivity index (χ4v) is 3.77. The van der Waals surface area contributed by atoms with Crippen LogP contribution in [0.25, 0.3) is 0 Å². The molecule has 4 rings (SSSR count). The highest BCUT2D eigenvalue weighted by atomic mass is 16.5. The van der Waals surface area contributed by atoms with Gasteiger partial charge in [-0.1, -0.05) is 30.3 Å². The van der Waals surface area contributed by atoms with Crippen LogP contribution in [0, 0.1) is 0 Å². The number of ether oxygens (including phenoxy) is 2. The van der Waals surface area contributed by atoms with Crippen LogP contribution in [-0.4, -0.2) is 36.3 Å². The first-order valence-electron chi connectivity index (χ1n) is 10.8. The van der Waals surface area contributed by atoms with Crippen molar-refractivity contribution >= 4 is 35.3 Å². The lowest BCUT2D eigenvalue weighted by Crippen LogP contribution is -2.24. The van der Waals surface area contributed by atoms with Gasteiger partial charge in [0, 0.05) is 23.2 Å². The molecule has 0 aromatic heterocycles. The molecule has 3 amide bonds. The van der Waals surface area contributed by atoms with E-state index in [1.54, 1.807) is 6.07 Å². The van der Waals surface area contributed by atoms with Crippen LogP contribution >= 0.6 is 0 Å². The number of anilines is 1. The molecule has 1 aliphatic heterocycles. The third-order valence-corrected chi connectivity index (χ3v) is 5.51. The Labute approximate surface area is 205 Å². The summed E-state index contributed by atoms with van der Waals surface area (Å²) in [5, 5.41) is 2.43. The van der Waals surface area contributed by atoms with Gasteiger partial charge in [-0.05, 0) is 47.5 Å². The van der Waals surface area contributed by atoms with Crippen molar-refractivity contribution in [3.63, 3.8) is 0 Å². The van der Waals surface area contributed by atoms with E-state index in [0.717, 1.165) is 5.56 Å². The minimum Gasteiger partial charge on any atom is -0.454 e. The number of carbonyl (C=O) groups excluding carboxylic acids is 5. The molecule has 10 nitrogen and oxygen atoms in total. The Morgan fingerprint density at radius 3 is 2.19 bits per heavy atom. The molecule has 0 spiro atoms. The standard InChI is InChI=1S/C26H21N3O7/c27-23(31)17-9-18(24(28)32)11-19(10-17)29-22(30)13-35-25(33)15-6-7-20-16(8-15)12-21(36-26(20)34)14-4-2-1-3-5-14/h1-11,21H,12-13H2,(H2,27,31)(H2,28,32)(H,29,30)/t21-/m1/s1. The third kappa shape index (κ3) is 5.39. The molecule has 1 atom stereocenters. The maximum atomic E-state index is 12.6. The van der Waals surface area contributed by atoms with Gasteiger partial charge in [0.25, 0.3) is 5.91 Å². The predicted molar refractivity (Wildman–Crippen MR) is 127 cm³/mol. The average molecular weight is 487 g/mol. The first kappa shape index (κ1) is 24.1. The molecule has 0 unspecified atom stereocenters. The van der Waals surface area contributed by atoms with Gasteiger partial charge in [0.15, 0.2) is 6.61 Å². The average Bonchev–Trinajstić information content (AvgIpc) is 2.87. The van der Waals surface area contributed by atoms with Gasteiger partial charge in [0.1, 0.15) is 6.10 Å². The van der Waals surface area contributed by atoms with Crippen LogP contribution in [0.4, 0.5) is 5.69 Å². The molecule has 0 aliphatic carbocycles. The van der Waals surface area contributed by atoms with Crippen LogP contribution in [0.3, 0.4) is 0 Å². The van der Waals surface area contributed by atoms with Gasteiger partial charge in [0.2, 0.25) is 11.8 Å². The number of nitrogens with one attached hydrogen (secondary N) is 1. The summed E-state index contributed by atoms with van der Waals surface area (Å²) in [5.74, 6) is -3.60. The highest BCUT2D eigenvalue weighted by Crippen LogP contribution is 2.31. The molecule has 0 fully saturated rings. The number of amides is 3. The SMILES string of the molecule is NC(=O)c1cc(NC(=O)COC(=O)c2ccc3c(c2)C[C@H](c2ccccc2)OC3=O)cc(C(N)=O)c1. The summed E-state index contributed by atoms with van der Waals surface area (Å²) < 4.78 is 10.6. The van der Waals surface area contributed by atoms with Crippen LogP contribution < -0.4 is 16.8 Å². The van der Waals surface area contributed by atoms with Crippen molar-refractivity contribution in [3.8, 4) is 0 Å². The smallest absolute Gasteiger partial charge is 0.339 e. The monoisotopic (exact) mass is 487 g/mol. The van der Waals surface area contributed by atoms with E-state index >= 15 is 0 Å². The quantitative estimate of drug-likeness (QED) is 0.429. The van der Waals surface area contributed by atoms with E-state index in [9.17, 15) is 24.0 Å². The summed E-state index contributed by atoms with van der Waals surface area (Å²) in [6, 6.07) is 17.4. The van der Waals surface area contributed by atoms with Crippen molar-refractivity contribution in [2.75, 3.05) is 11.9 Å². The number of benzene rings is 3. The van der Waals surface area contributed by atoms with Crippen molar-refractivity contribution in [2.45, 2.75) is 12.5 Å². The number of primary amides is 2. The summed E-state index contributed by atoms with van der Waals surface area (Å²) in [6.07, 6.45) is -0.102. The first-order valence-corrected chi connectivity index (χ1v) is 10.8. The summed E-state index contributed by atoms with van der Waals surface area (Å²) in [4.78, 5) is 60.2. The Morgan fingerprint density at radius 1 is 0.889 bits per heavy atom. The number of hydrogen-bond donors (Lipinski definition) is 3. The van der Waals surface area contributed by atoms with E-state index in [1.807, 2.05) is 30.3 Å². The van der Waals surface area contributed by atoms with E-state index in [2.05, 4.69) is 5.32 Å². The molecular formula is C26H21N3O7. The van der Waals surface area contributed by atoms with E-state index in [4.69, 9.17) is 20.9 Å². The third-order valence-electron chi connectivity index (χ3n) is 5.51. The topological polar surface area (TPSA) is 168 Å². The number of rotatable bonds is 7. The number of cyclic esters (lactones) is 1. The van der Waals surface area contributed by atoms with Crippen molar-refractivity contribution < 1.29 is 33.4 Å². The predicted octanol–water partition coefficient (Wildman–Crippen LogP) is 2.13. The molecule has 0 bridgehead atoms. The molecule has 182 valence electrons.